The molecule has 3 nitrogen and oxygen atoms in total. The summed E-state index contributed by atoms with van der Waals surface area (Å²) in [5, 5.41) is 10.0. The molecule has 0 radical (unpaired) electrons. The van der Waals surface area contributed by atoms with E-state index >= 15 is 0 Å². The maximum absolute atomic E-state index is 9.06. The van der Waals surface area contributed by atoms with Crippen molar-refractivity contribution in [3.05, 3.63) is 28.9 Å². The fraction of sp³-hybridized carbons (Fsp3) is 0.333. The van der Waals surface area contributed by atoms with Crippen LogP contribution in [-0.4, -0.2) is 9.97 Å². The topological polar surface area (TPSA) is 52.5 Å². The zero-order valence-corrected chi connectivity index (χ0v) is 10.1. The Morgan fingerprint density at radius 1 is 1.62 bits per heavy atom. The molecule has 4 heteroatoms. The van der Waals surface area contributed by atoms with Crippen LogP contribution in [0.15, 0.2) is 18.3 Å². The van der Waals surface area contributed by atoms with Crippen LogP contribution in [-0.2, 0) is 0 Å². The molecule has 16 heavy (non-hydrogen) atoms. The van der Waals surface area contributed by atoms with E-state index in [-0.39, 0.29) is 5.92 Å². The van der Waals surface area contributed by atoms with Crippen molar-refractivity contribution in [1.29, 1.82) is 5.26 Å². The first-order valence-corrected chi connectivity index (χ1v) is 6.08. The van der Waals surface area contributed by atoms with Crippen LogP contribution in [0.3, 0.4) is 0 Å². The third kappa shape index (κ3) is 1.86. The van der Waals surface area contributed by atoms with Gasteiger partial charge in [-0.25, -0.2) is 4.98 Å². The van der Waals surface area contributed by atoms with E-state index in [0.29, 0.717) is 0 Å². The maximum Gasteiger partial charge on any atom is 0.140 e. The van der Waals surface area contributed by atoms with Gasteiger partial charge in [0.15, 0.2) is 0 Å². The molecular weight excluding hydrogens is 218 g/mol. The van der Waals surface area contributed by atoms with Gasteiger partial charge in [-0.3, -0.25) is 0 Å². The summed E-state index contributed by atoms with van der Waals surface area (Å²) in [5.74, 6) is -0.0267. The molecule has 0 bridgehead atoms. The third-order valence-electron chi connectivity index (χ3n) is 2.54. The van der Waals surface area contributed by atoms with Crippen molar-refractivity contribution in [2.24, 2.45) is 0 Å². The van der Waals surface area contributed by atoms with Crippen molar-refractivity contribution in [1.82, 2.24) is 9.97 Å². The molecule has 0 aliphatic heterocycles. The number of aromatic nitrogens is 2. The van der Waals surface area contributed by atoms with Crippen molar-refractivity contribution in [3.8, 4) is 16.8 Å². The number of nitriles is 1. The first-order chi connectivity index (χ1) is 7.76. The highest BCUT2D eigenvalue weighted by Gasteiger charge is 2.17. The highest BCUT2D eigenvalue weighted by molar-refractivity contribution is 7.15. The lowest BCUT2D eigenvalue weighted by Gasteiger charge is -2.01. The second-order valence-electron chi connectivity index (χ2n) is 3.64. The fourth-order valence-electron chi connectivity index (χ4n) is 1.65. The summed E-state index contributed by atoms with van der Waals surface area (Å²) in [6.45, 7) is 4.00. The van der Waals surface area contributed by atoms with Crippen LogP contribution >= 0.6 is 11.3 Å². The second kappa shape index (κ2) is 4.50. The highest BCUT2D eigenvalue weighted by Crippen LogP contribution is 2.33. The third-order valence-corrected chi connectivity index (χ3v) is 3.85. The molecule has 2 heterocycles. The molecule has 1 atom stereocenters. The Hall–Kier alpha value is -1.60. The number of thiazole rings is 1. The Morgan fingerprint density at radius 2 is 2.44 bits per heavy atom. The van der Waals surface area contributed by atoms with Crippen LogP contribution in [0, 0.1) is 18.3 Å². The van der Waals surface area contributed by atoms with Gasteiger partial charge in [-0.15, -0.1) is 11.3 Å². The predicted molar refractivity (Wildman–Crippen MR) is 65.3 cm³/mol. The molecule has 0 saturated carbocycles. The number of nitrogens with one attached hydrogen (secondary N) is 1. The Labute approximate surface area is 98.8 Å². The van der Waals surface area contributed by atoms with Crippen molar-refractivity contribution in [2.75, 3.05) is 0 Å². The molecule has 82 valence electrons. The standard InChI is InChI=1S/C12H13N3S/c1-3-9(7-13)11-8(2)15-12(16-11)10-5-4-6-14-10/h4-6,9,14H,3H2,1-2H3. The molecule has 0 amide bonds. The van der Waals surface area contributed by atoms with E-state index in [2.05, 4.69) is 16.0 Å². The van der Waals surface area contributed by atoms with Crippen LogP contribution in [0.5, 0.6) is 0 Å². The normalized spacial score (nSPS) is 12.3. The van der Waals surface area contributed by atoms with Gasteiger partial charge in [0.25, 0.3) is 0 Å². The Kier molecular flexibility index (Phi) is 3.07. The molecule has 0 aromatic carbocycles. The summed E-state index contributed by atoms with van der Waals surface area (Å²) in [6.07, 6.45) is 2.72. The van der Waals surface area contributed by atoms with E-state index < -0.39 is 0 Å². The van der Waals surface area contributed by atoms with Gasteiger partial charge in [-0.05, 0) is 25.5 Å². The summed E-state index contributed by atoms with van der Waals surface area (Å²) < 4.78 is 0. The predicted octanol–water partition coefficient (Wildman–Crippen LogP) is 3.46. The first kappa shape index (κ1) is 10.9. The van der Waals surface area contributed by atoms with E-state index in [1.54, 1.807) is 11.3 Å². The van der Waals surface area contributed by atoms with Gasteiger partial charge in [0.1, 0.15) is 5.01 Å². The van der Waals surface area contributed by atoms with Crippen LogP contribution in [0.25, 0.3) is 10.7 Å². The minimum absolute atomic E-state index is 0.0267. The Bertz CT molecular complexity index is 505. The average Bonchev–Trinajstić information content (AvgIpc) is 2.90. The van der Waals surface area contributed by atoms with E-state index in [0.717, 1.165) is 27.7 Å². The molecule has 2 rings (SSSR count). The van der Waals surface area contributed by atoms with E-state index in [4.69, 9.17) is 5.26 Å². The molecule has 0 fully saturated rings. The van der Waals surface area contributed by atoms with E-state index in [1.165, 1.54) is 0 Å². The van der Waals surface area contributed by atoms with E-state index in [9.17, 15) is 0 Å². The fourth-order valence-corrected chi connectivity index (χ4v) is 2.83. The number of rotatable bonds is 3. The van der Waals surface area contributed by atoms with Crippen LogP contribution < -0.4 is 0 Å². The second-order valence-corrected chi connectivity index (χ2v) is 4.67. The number of aryl methyl sites for hydroxylation is 1. The van der Waals surface area contributed by atoms with Crippen molar-refractivity contribution in [2.45, 2.75) is 26.2 Å². The molecular formula is C12H13N3S. The summed E-state index contributed by atoms with van der Waals surface area (Å²) in [4.78, 5) is 8.73. The van der Waals surface area contributed by atoms with Gasteiger partial charge in [-0.2, -0.15) is 5.26 Å². The van der Waals surface area contributed by atoms with Gasteiger partial charge in [0, 0.05) is 11.1 Å². The van der Waals surface area contributed by atoms with Gasteiger partial charge < -0.3 is 4.98 Å². The lowest BCUT2D eigenvalue weighted by Crippen LogP contribution is -1.92. The van der Waals surface area contributed by atoms with Gasteiger partial charge in [-0.1, -0.05) is 6.92 Å². The lowest BCUT2D eigenvalue weighted by atomic mass is 10.1. The van der Waals surface area contributed by atoms with Crippen LogP contribution in [0.4, 0.5) is 0 Å². The van der Waals surface area contributed by atoms with Crippen molar-refractivity contribution in [3.63, 3.8) is 0 Å². The Balaban J connectivity index is 2.40. The molecule has 0 aliphatic carbocycles. The minimum Gasteiger partial charge on any atom is -0.359 e. The summed E-state index contributed by atoms with van der Waals surface area (Å²) >= 11 is 1.61. The number of hydrogen-bond acceptors (Lipinski definition) is 3. The molecule has 1 unspecified atom stereocenters. The number of H-pyrrole nitrogens is 1. The SMILES string of the molecule is CCC(C#N)c1sc(-c2ccc[nH]2)nc1C. The molecule has 0 aliphatic rings. The van der Waals surface area contributed by atoms with Crippen LogP contribution in [0.1, 0.15) is 29.8 Å². The molecule has 0 spiro atoms. The quantitative estimate of drug-likeness (QED) is 0.879. The van der Waals surface area contributed by atoms with Crippen LogP contribution in [0.2, 0.25) is 0 Å². The minimum atomic E-state index is -0.0267. The Morgan fingerprint density at radius 3 is 3.00 bits per heavy atom. The van der Waals surface area contributed by atoms with Gasteiger partial charge in [0.2, 0.25) is 0 Å². The zero-order chi connectivity index (χ0) is 11.5. The first-order valence-electron chi connectivity index (χ1n) is 5.27. The molecule has 1 N–H and O–H groups in total. The zero-order valence-electron chi connectivity index (χ0n) is 9.32. The maximum atomic E-state index is 9.06. The number of aromatic amines is 1. The van der Waals surface area contributed by atoms with Gasteiger partial charge in [0.05, 0.1) is 23.4 Å². The van der Waals surface area contributed by atoms with Gasteiger partial charge >= 0.3 is 0 Å². The summed E-state index contributed by atoms with van der Waals surface area (Å²) in [6, 6.07) is 6.27. The van der Waals surface area contributed by atoms with Crippen molar-refractivity contribution >= 4 is 11.3 Å². The number of nitrogens with zero attached hydrogens (tertiary/aromatic N) is 2. The monoisotopic (exact) mass is 231 g/mol. The van der Waals surface area contributed by atoms with E-state index in [1.807, 2.05) is 32.2 Å². The molecule has 2 aromatic heterocycles. The highest BCUT2D eigenvalue weighted by atomic mass is 32.1. The smallest absolute Gasteiger partial charge is 0.140 e. The lowest BCUT2D eigenvalue weighted by molar-refractivity contribution is 0.824. The summed E-state index contributed by atoms with van der Waals surface area (Å²) in [5.41, 5.74) is 2.00. The average molecular weight is 231 g/mol. The molecule has 2 aromatic rings. The van der Waals surface area contributed by atoms with Crippen molar-refractivity contribution < 1.29 is 0 Å². The molecule has 0 saturated heterocycles. The summed E-state index contributed by atoms with van der Waals surface area (Å²) in [7, 11) is 0. The largest absolute Gasteiger partial charge is 0.359 e. The number of hydrogen-bond donors (Lipinski definition) is 1.